The number of oxazole rings is 1. The molecule has 0 aliphatic carbocycles. The fraction of sp³-hybridized carbons (Fsp3) is 0.500. The monoisotopic (exact) mass is 286 g/mol. The quantitative estimate of drug-likeness (QED) is 0.901. The molecule has 0 aliphatic rings. The predicted molar refractivity (Wildman–Crippen MR) is 87.2 cm³/mol. The molecule has 1 aromatic heterocycles. The van der Waals surface area contributed by atoms with Gasteiger partial charge in [-0.25, -0.2) is 4.98 Å². The second-order valence-corrected chi connectivity index (χ2v) is 7.55. The highest BCUT2D eigenvalue weighted by Gasteiger charge is 2.15. The molecule has 0 amide bonds. The lowest BCUT2D eigenvalue weighted by Gasteiger charge is -2.19. The minimum Gasteiger partial charge on any atom is -0.439 e. The van der Waals surface area contributed by atoms with Gasteiger partial charge in [-0.3, -0.25) is 0 Å². The fourth-order valence-corrected chi connectivity index (χ4v) is 2.00. The average Bonchev–Trinajstić information content (AvgIpc) is 2.83. The number of hydrogen-bond donors (Lipinski definition) is 1. The van der Waals surface area contributed by atoms with Gasteiger partial charge in [0.1, 0.15) is 0 Å². The Morgan fingerprint density at radius 2 is 1.62 bits per heavy atom. The average molecular weight is 286 g/mol. The molecule has 1 aromatic carbocycles. The van der Waals surface area contributed by atoms with Crippen LogP contribution in [-0.2, 0) is 12.0 Å². The minimum absolute atomic E-state index is 0.0585. The highest BCUT2D eigenvalue weighted by molar-refractivity contribution is 5.57. The molecule has 114 valence electrons. The van der Waals surface area contributed by atoms with E-state index in [1.54, 1.807) is 6.20 Å². The van der Waals surface area contributed by atoms with Crippen molar-refractivity contribution in [2.75, 3.05) is 0 Å². The van der Waals surface area contributed by atoms with Crippen molar-refractivity contribution in [1.82, 2.24) is 10.3 Å². The smallest absolute Gasteiger partial charge is 0.208 e. The minimum atomic E-state index is 0.0585. The third kappa shape index (κ3) is 4.43. The molecule has 0 saturated heterocycles. The van der Waals surface area contributed by atoms with Crippen LogP contribution in [-0.4, -0.2) is 10.5 Å². The number of aromatic nitrogens is 1. The van der Waals surface area contributed by atoms with E-state index in [4.69, 9.17) is 4.42 Å². The first-order valence-corrected chi connectivity index (χ1v) is 7.46. The number of nitrogens with zero attached hydrogens (tertiary/aromatic N) is 1. The van der Waals surface area contributed by atoms with Crippen LogP contribution in [0.15, 0.2) is 34.9 Å². The van der Waals surface area contributed by atoms with Gasteiger partial charge in [0.05, 0.1) is 12.7 Å². The van der Waals surface area contributed by atoms with E-state index in [1.807, 2.05) is 0 Å². The van der Waals surface area contributed by atoms with Gasteiger partial charge in [-0.2, -0.15) is 0 Å². The van der Waals surface area contributed by atoms with Crippen LogP contribution in [0.3, 0.4) is 0 Å². The van der Waals surface area contributed by atoms with Gasteiger partial charge >= 0.3 is 0 Å². The van der Waals surface area contributed by atoms with Crippen molar-refractivity contribution in [1.29, 1.82) is 0 Å². The summed E-state index contributed by atoms with van der Waals surface area (Å²) in [7, 11) is 0. The summed E-state index contributed by atoms with van der Waals surface area (Å²) < 4.78 is 5.82. The lowest BCUT2D eigenvalue weighted by Crippen LogP contribution is -2.35. The Morgan fingerprint density at radius 3 is 2.14 bits per heavy atom. The van der Waals surface area contributed by atoms with E-state index in [-0.39, 0.29) is 11.0 Å². The van der Waals surface area contributed by atoms with Crippen LogP contribution in [0.2, 0.25) is 0 Å². The summed E-state index contributed by atoms with van der Waals surface area (Å²) in [6.07, 6.45) is 1.80. The van der Waals surface area contributed by atoms with Gasteiger partial charge < -0.3 is 9.73 Å². The molecule has 1 N–H and O–H groups in total. The molecule has 0 fully saturated rings. The van der Waals surface area contributed by atoms with E-state index < -0.39 is 0 Å². The topological polar surface area (TPSA) is 38.1 Å². The summed E-state index contributed by atoms with van der Waals surface area (Å²) in [5, 5.41) is 3.38. The van der Waals surface area contributed by atoms with Gasteiger partial charge in [0.2, 0.25) is 5.89 Å². The summed E-state index contributed by atoms with van der Waals surface area (Å²) >= 11 is 0. The van der Waals surface area contributed by atoms with E-state index in [0.29, 0.717) is 6.54 Å². The molecule has 0 bridgehead atoms. The molecule has 0 radical (unpaired) electrons. The van der Waals surface area contributed by atoms with E-state index in [1.165, 1.54) is 5.56 Å². The SMILES string of the molecule is CC(C)(C)NCc1ncc(-c2ccc(C(C)(C)C)cc2)o1. The second-order valence-electron chi connectivity index (χ2n) is 7.55. The molecule has 2 rings (SSSR count). The van der Waals surface area contributed by atoms with Crippen LogP contribution >= 0.6 is 0 Å². The Balaban J connectivity index is 2.11. The van der Waals surface area contributed by atoms with Crippen molar-refractivity contribution in [2.24, 2.45) is 0 Å². The first-order valence-electron chi connectivity index (χ1n) is 7.46. The van der Waals surface area contributed by atoms with Crippen molar-refractivity contribution in [3.05, 3.63) is 41.9 Å². The summed E-state index contributed by atoms with van der Waals surface area (Å²) in [4.78, 5) is 4.34. The van der Waals surface area contributed by atoms with E-state index in [0.717, 1.165) is 17.2 Å². The maximum atomic E-state index is 5.82. The van der Waals surface area contributed by atoms with Crippen molar-refractivity contribution < 1.29 is 4.42 Å². The molecule has 0 saturated carbocycles. The summed E-state index contributed by atoms with van der Waals surface area (Å²) in [5.74, 6) is 1.54. The maximum Gasteiger partial charge on any atom is 0.208 e. The lowest BCUT2D eigenvalue weighted by molar-refractivity contribution is 0.383. The summed E-state index contributed by atoms with van der Waals surface area (Å²) in [5.41, 5.74) is 2.61. The van der Waals surface area contributed by atoms with E-state index >= 15 is 0 Å². The van der Waals surface area contributed by atoms with E-state index in [9.17, 15) is 0 Å². The Hall–Kier alpha value is -1.61. The van der Waals surface area contributed by atoms with Gasteiger partial charge in [-0.05, 0) is 31.7 Å². The molecule has 3 heteroatoms. The fourth-order valence-electron chi connectivity index (χ4n) is 2.00. The normalized spacial score (nSPS) is 12.7. The molecule has 21 heavy (non-hydrogen) atoms. The van der Waals surface area contributed by atoms with Crippen molar-refractivity contribution in [3.8, 4) is 11.3 Å². The molecular weight excluding hydrogens is 260 g/mol. The molecular formula is C18H26N2O. The van der Waals surface area contributed by atoms with Crippen LogP contribution in [0.5, 0.6) is 0 Å². The van der Waals surface area contributed by atoms with Gasteiger partial charge in [0.15, 0.2) is 5.76 Å². The predicted octanol–water partition coefficient (Wildman–Crippen LogP) is 4.53. The van der Waals surface area contributed by atoms with Crippen molar-refractivity contribution >= 4 is 0 Å². The van der Waals surface area contributed by atoms with Crippen LogP contribution in [0.1, 0.15) is 53.0 Å². The number of rotatable bonds is 3. The Labute approximate surface area is 127 Å². The van der Waals surface area contributed by atoms with Crippen LogP contribution in [0.4, 0.5) is 0 Å². The standard InChI is InChI=1S/C18H26N2O/c1-17(2,3)14-9-7-13(8-10-14)15-11-19-16(21-15)12-20-18(4,5)6/h7-11,20H,12H2,1-6H3. The van der Waals surface area contributed by atoms with E-state index in [2.05, 4.69) is 76.1 Å². The third-order valence-corrected chi connectivity index (χ3v) is 3.36. The number of hydrogen-bond acceptors (Lipinski definition) is 3. The number of benzene rings is 1. The molecule has 2 aromatic rings. The van der Waals surface area contributed by atoms with Gasteiger partial charge in [-0.1, -0.05) is 45.0 Å². The summed E-state index contributed by atoms with van der Waals surface area (Å²) in [6, 6.07) is 8.51. The zero-order valence-corrected chi connectivity index (χ0v) is 13.9. The number of nitrogens with one attached hydrogen (secondary N) is 1. The second kappa shape index (κ2) is 5.64. The maximum absolute atomic E-state index is 5.82. The Morgan fingerprint density at radius 1 is 1.00 bits per heavy atom. The van der Waals surface area contributed by atoms with Gasteiger partial charge in [0.25, 0.3) is 0 Å². The Kier molecular flexibility index (Phi) is 4.24. The summed E-state index contributed by atoms with van der Waals surface area (Å²) in [6.45, 7) is 13.7. The third-order valence-electron chi connectivity index (χ3n) is 3.36. The Bertz CT molecular complexity index is 583. The van der Waals surface area contributed by atoms with Gasteiger partial charge in [-0.15, -0.1) is 0 Å². The van der Waals surface area contributed by atoms with Crippen LogP contribution in [0, 0.1) is 0 Å². The molecule has 0 unspecified atom stereocenters. The highest BCUT2D eigenvalue weighted by atomic mass is 16.4. The van der Waals surface area contributed by atoms with Gasteiger partial charge in [0, 0.05) is 11.1 Å². The first-order chi connectivity index (χ1) is 9.65. The zero-order chi connectivity index (χ0) is 15.7. The zero-order valence-electron chi connectivity index (χ0n) is 13.9. The van der Waals surface area contributed by atoms with Crippen molar-refractivity contribution in [2.45, 2.75) is 59.0 Å². The molecule has 1 heterocycles. The van der Waals surface area contributed by atoms with Crippen molar-refractivity contribution in [3.63, 3.8) is 0 Å². The van der Waals surface area contributed by atoms with Crippen LogP contribution < -0.4 is 5.32 Å². The van der Waals surface area contributed by atoms with Crippen LogP contribution in [0.25, 0.3) is 11.3 Å². The molecule has 0 spiro atoms. The molecule has 0 atom stereocenters. The molecule has 0 aliphatic heterocycles. The molecule has 3 nitrogen and oxygen atoms in total. The highest BCUT2D eigenvalue weighted by Crippen LogP contribution is 2.26. The lowest BCUT2D eigenvalue weighted by atomic mass is 9.86. The largest absolute Gasteiger partial charge is 0.439 e. The first kappa shape index (κ1) is 15.8.